The highest BCUT2D eigenvalue weighted by molar-refractivity contribution is 5.47. The van der Waals surface area contributed by atoms with E-state index in [9.17, 15) is 0 Å². The molecular weight excluding hydrogens is 262 g/mol. The summed E-state index contributed by atoms with van der Waals surface area (Å²) in [7, 11) is 2.21. The molecule has 0 aliphatic carbocycles. The molecule has 2 heterocycles. The summed E-state index contributed by atoms with van der Waals surface area (Å²) in [6, 6.07) is 2.02. The molecule has 2 N–H and O–H groups in total. The minimum Gasteiger partial charge on any atom is -0.370 e. The first kappa shape index (κ1) is 16.0. The highest BCUT2D eigenvalue weighted by Gasteiger charge is 2.17. The molecule has 1 unspecified atom stereocenters. The number of nitrogens with zero attached hydrogens (tertiary/aromatic N) is 3. The van der Waals surface area contributed by atoms with Gasteiger partial charge >= 0.3 is 0 Å². The summed E-state index contributed by atoms with van der Waals surface area (Å²) in [5.74, 6) is 3.81. The zero-order chi connectivity index (χ0) is 15.2. The Balaban J connectivity index is 2.00. The van der Waals surface area contributed by atoms with Gasteiger partial charge in [-0.3, -0.25) is 0 Å². The average molecular weight is 291 g/mol. The Kier molecular flexibility index (Phi) is 5.79. The van der Waals surface area contributed by atoms with E-state index in [4.69, 9.17) is 0 Å². The second-order valence-electron chi connectivity index (χ2n) is 6.33. The first-order valence-corrected chi connectivity index (χ1v) is 8.13. The summed E-state index contributed by atoms with van der Waals surface area (Å²) < 4.78 is 0. The van der Waals surface area contributed by atoms with Crippen molar-refractivity contribution in [3.63, 3.8) is 0 Å². The number of anilines is 2. The number of rotatable bonds is 6. The monoisotopic (exact) mass is 291 g/mol. The molecule has 1 saturated heterocycles. The van der Waals surface area contributed by atoms with Crippen molar-refractivity contribution in [2.45, 2.75) is 39.5 Å². The van der Waals surface area contributed by atoms with Crippen LogP contribution in [-0.2, 0) is 0 Å². The van der Waals surface area contributed by atoms with Crippen LogP contribution in [0.1, 0.15) is 45.4 Å². The van der Waals surface area contributed by atoms with Crippen molar-refractivity contribution in [3.05, 3.63) is 11.9 Å². The molecule has 1 aromatic rings. The van der Waals surface area contributed by atoms with Crippen LogP contribution in [0.15, 0.2) is 6.07 Å². The lowest BCUT2D eigenvalue weighted by atomic mass is 9.98. The Bertz CT molecular complexity index is 446. The van der Waals surface area contributed by atoms with E-state index in [1.165, 1.54) is 25.9 Å². The van der Waals surface area contributed by atoms with E-state index in [-0.39, 0.29) is 0 Å². The van der Waals surface area contributed by atoms with Crippen molar-refractivity contribution in [1.29, 1.82) is 0 Å². The van der Waals surface area contributed by atoms with Gasteiger partial charge in [0.15, 0.2) is 0 Å². The van der Waals surface area contributed by atoms with E-state index >= 15 is 0 Å². The lowest BCUT2D eigenvalue weighted by Crippen LogP contribution is -2.35. The van der Waals surface area contributed by atoms with Crippen molar-refractivity contribution in [2.24, 2.45) is 5.92 Å². The molecular formula is C16H29N5. The van der Waals surface area contributed by atoms with E-state index in [0.717, 1.165) is 30.5 Å². The van der Waals surface area contributed by atoms with Crippen LogP contribution in [0.5, 0.6) is 0 Å². The number of hydrogen-bond acceptors (Lipinski definition) is 5. The molecule has 118 valence electrons. The zero-order valence-corrected chi connectivity index (χ0v) is 13.8. The first-order chi connectivity index (χ1) is 10.1. The molecule has 5 nitrogen and oxygen atoms in total. The molecule has 0 aromatic carbocycles. The standard InChI is InChI=1S/C16H29N5/c1-5-17-14-9-15(20-16(19-14)12(2)3)18-10-13-7-6-8-21(4)11-13/h9,12-13H,5-8,10-11H2,1-4H3,(H2,17,18,19,20). The quantitative estimate of drug-likeness (QED) is 0.844. The minimum absolute atomic E-state index is 0.338. The fraction of sp³-hybridized carbons (Fsp3) is 0.750. The van der Waals surface area contributed by atoms with E-state index in [1.54, 1.807) is 0 Å². The number of aromatic nitrogens is 2. The molecule has 1 aliphatic heterocycles. The second kappa shape index (κ2) is 7.59. The predicted octanol–water partition coefficient (Wildman–Crippen LogP) is 2.79. The fourth-order valence-corrected chi connectivity index (χ4v) is 2.78. The van der Waals surface area contributed by atoms with Crippen molar-refractivity contribution >= 4 is 11.6 Å². The van der Waals surface area contributed by atoms with Crippen LogP contribution in [0.25, 0.3) is 0 Å². The molecule has 0 amide bonds. The Hall–Kier alpha value is -1.36. The molecule has 0 saturated carbocycles. The van der Waals surface area contributed by atoms with Gasteiger partial charge < -0.3 is 15.5 Å². The third-order valence-electron chi connectivity index (χ3n) is 3.91. The van der Waals surface area contributed by atoms with E-state index in [2.05, 4.69) is 53.3 Å². The summed E-state index contributed by atoms with van der Waals surface area (Å²) >= 11 is 0. The Morgan fingerprint density at radius 2 is 2.00 bits per heavy atom. The lowest BCUT2D eigenvalue weighted by molar-refractivity contribution is 0.217. The van der Waals surface area contributed by atoms with Crippen LogP contribution in [0.2, 0.25) is 0 Å². The number of piperidine rings is 1. The summed E-state index contributed by atoms with van der Waals surface area (Å²) in [5, 5.41) is 6.80. The summed E-state index contributed by atoms with van der Waals surface area (Å²) in [6.07, 6.45) is 2.60. The molecule has 1 atom stereocenters. The second-order valence-corrected chi connectivity index (χ2v) is 6.33. The molecule has 0 spiro atoms. The topological polar surface area (TPSA) is 53.1 Å². The molecule has 0 bridgehead atoms. The Labute approximate surface area is 128 Å². The maximum absolute atomic E-state index is 4.64. The van der Waals surface area contributed by atoms with Gasteiger partial charge in [0, 0.05) is 31.6 Å². The predicted molar refractivity (Wildman–Crippen MR) is 89.0 cm³/mol. The van der Waals surface area contributed by atoms with Crippen molar-refractivity contribution < 1.29 is 0 Å². The number of likely N-dealkylation sites (tertiary alicyclic amines) is 1. The molecule has 0 radical (unpaired) electrons. The van der Waals surface area contributed by atoms with Crippen molar-refractivity contribution in [2.75, 3.05) is 43.9 Å². The van der Waals surface area contributed by atoms with Gasteiger partial charge in [-0.2, -0.15) is 0 Å². The van der Waals surface area contributed by atoms with Gasteiger partial charge in [0.2, 0.25) is 0 Å². The highest BCUT2D eigenvalue weighted by Crippen LogP contribution is 2.19. The third-order valence-corrected chi connectivity index (χ3v) is 3.91. The molecule has 1 aliphatic rings. The zero-order valence-electron chi connectivity index (χ0n) is 13.8. The van der Waals surface area contributed by atoms with Gasteiger partial charge in [-0.25, -0.2) is 9.97 Å². The molecule has 5 heteroatoms. The third kappa shape index (κ3) is 4.84. The number of hydrogen-bond donors (Lipinski definition) is 2. The van der Waals surface area contributed by atoms with Crippen LogP contribution < -0.4 is 10.6 Å². The highest BCUT2D eigenvalue weighted by atomic mass is 15.1. The van der Waals surface area contributed by atoms with E-state index < -0.39 is 0 Å². The minimum atomic E-state index is 0.338. The van der Waals surface area contributed by atoms with Gasteiger partial charge in [-0.1, -0.05) is 13.8 Å². The summed E-state index contributed by atoms with van der Waals surface area (Å²) in [6.45, 7) is 10.6. The van der Waals surface area contributed by atoms with Crippen LogP contribution >= 0.6 is 0 Å². The maximum atomic E-state index is 4.64. The van der Waals surface area contributed by atoms with Gasteiger partial charge in [0.1, 0.15) is 17.5 Å². The molecule has 2 rings (SSSR count). The lowest BCUT2D eigenvalue weighted by Gasteiger charge is -2.29. The molecule has 1 aromatic heterocycles. The summed E-state index contributed by atoms with van der Waals surface area (Å²) in [5.41, 5.74) is 0. The number of nitrogens with one attached hydrogen (secondary N) is 2. The molecule has 21 heavy (non-hydrogen) atoms. The SMILES string of the molecule is CCNc1cc(NCC2CCCN(C)C2)nc(C(C)C)n1. The van der Waals surface area contributed by atoms with Crippen LogP contribution in [-0.4, -0.2) is 48.1 Å². The van der Waals surface area contributed by atoms with Crippen LogP contribution in [0.3, 0.4) is 0 Å². The van der Waals surface area contributed by atoms with E-state index in [1.807, 2.05) is 6.07 Å². The maximum Gasteiger partial charge on any atom is 0.135 e. The van der Waals surface area contributed by atoms with Crippen molar-refractivity contribution in [3.8, 4) is 0 Å². The van der Waals surface area contributed by atoms with Gasteiger partial charge in [-0.15, -0.1) is 0 Å². The molecule has 1 fully saturated rings. The first-order valence-electron chi connectivity index (χ1n) is 8.13. The van der Waals surface area contributed by atoms with Crippen molar-refractivity contribution in [1.82, 2.24) is 14.9 Å². The van der Waals surface area contributed by atoms with Crippen LogP contribution in [0, 0.1) is 5.92 Å². The normalized spacial score (nSPS) is 19.8. The average Bonchev–Trinajstić information content (AvgIpc) is 2.45. The van der Waals surface area contributed by atoms with Gasteiger partial charge in [0.25, 0.3) is 0 Å². The van der Waals surface area contributed by atoms with Gasteiger partial charge in [-0.05, 0) is 39.3 Å². The van der Waals surface area contributed by atoms with E-state index in [0.29, 0.717) is 11.8 Å². The Morgan fingerprint density at radius 1 is 1.29 bits per heavy atom. The smallest absolute Gasteiger partial charge is 0.135 e. The Morgan fingerprint density at radius 3 is 2.62 bits per heavy atom. The van der Waals surface area contributed by atoms with Crippen LogP contribution in [0.4, 0.5) is 11.6 Å². The largest absolute Gasteiger partial charge is 0.370 e. The fourth-order valence-electron chi connectivity index (χ4n) is 2.78. The van der Waals surface area contributed by atoms with Gasteiger partial charge in [0.05, 0.1) is 0 Å². The summed E-state index contributed by atoms with van der Waals surface area (Å²) in [4.78, 5) is 11.6.